The fraction of sp³-hybridized carbons (Fsp3) is 0.667. The minimum Gasteiger partial charge on any atom is -0.282 e. The highest BCUT2D eigenvalue weighted by Gasteiger charge is 2.24. The Morgan fingerprint density at radius 1 is 1.62 bits per heavy atom. The van der Waals surface area contributed by atoms with Crippen LogP contribution in [0.1, 0.15) is 38.4 Å². The molecule has 1 aromatic heterocycles. The molecular weight excluding hydrogens is 200 g/mol. The number of hydrogen-bond donors (Lipinski definition) is 0. The van der Waals surface area contributed by atoms with E-state index in [9.17, 15) is 0 Å². The molecule has 1 unspecified atom stereocenters. The van der Waals surface area contributed by atoms with Crippen molar-refractivity contribution in [1.82, 2.24) is 14.7 Å². The lowest BCUT2D eigenvalue weighted by Gasteiger charge is -2.17. The van der Waals surface area contributed by atoms with Crippen molar-refractivity contribution in [3.8, 4) is 6.07 Å². The third-order valence-electron chi connectivity index (χ3n) is 3.07. The van der Waals surface area contributed by atoms with Crippen molar-refractivity contribution in [3.63, 3.8) is 0 Å². The molecule has 0 aromatic carbocycles. The van der Waals surface area contributed by atoms with Crippen LogP contribution in [0, 0.1) is 11.3 Å². The first-order chi connectivity index (χ1) is 7.70. The summed E-state index contributed by atoms with van der Waals surface area (Å²) in [5.74, 6) is 0. The topological polar surface area (TPSA) is 44.9 Å². The van der Waals surface area contributed by atoms with Crippen molar-refractivity contribution in [2.24, 2.45) is 0 Å². The van der Waals surface area contributed by atoms with Gasteiger partial charge in [-0.3, -0.25) is 9.58 Å². The van der Waals surface area contributed by atoms with E-state index in [4.69, 9.17) is 5.26 Å². The number of rotatable bonds is 3. The SMILES string of the molecule is CC(C)n1ccc(CN2CCCC2C#N)n1. The maximum absolute atomic E-state index is 8.99. The first-order valence-electron chi connectivity index (χ1n) is 5.88. The molecule has 1 saturated heterocycles. The summed E-state index contributed by atoms with van der Waals surface area (Å²) in [6.45, 7) is 6.06. The monoisotopic (exact) mass is 218 g/mol. The van der Waals surface area contributed by atoms with E-state index in [1.54, 1.807) is 0 Å². The average Bonchev–Trinajstić information content (AvgIpc) is 2.87. The van der Waals surface area contributed by atoms with E-state index in [0.717, 1.165) is 31.6 Å². The maximum atomic E-state index is 8.99. The predicted octanol–water partition coefficient (Wildman–Crippen LogP) is 1.95. The average molecular weight is 218 g/mol. The Labute approximate surface area is 96.5 Å². The van der Waals surface area contributed by atoms with Crippen LogP contribution in [0.5, 0.6) is 0 Å². The summed E-state index contributed by atoms with van der Waals surface area (Å²) in [7, 11) is 0. The van der Waals surface area contributed by atoms with Crippen LogP contribution in [0.25, 0.3) is 0 Å². The van der Waals surface area contributed by atoms with Crippen molar-refractivity contribution in [2.45, 2.75) is 45.3 Å². The molecule has 1 aliphatic rings. The van der Waals surface area contributed by atoms with Gasteiger partial charge in [-0.05, 0) is 39.3 Å². The van der Waals surface area contributed by atoms with Crippen LogP contribution >= 0.6 is 0 Å². The Hall–Kier alpha value is -1.34. The van der Waals surface area contributed by atoms with E-state index < -0.39 is 0 Å². The zero-order valence-electron chi connectivity index (χ0n) is 9.93. The summed E-state index contributed by atoms with van der Waals surface area (Å²) in [6, 6.07) is 4.89. The van der Waals surface area contributed by atoms with Gasteiger partial charge < -0.3 is 0 Å². The molecule has 2 rings (SSSR count). The Morgan fingerprint density at radius 3 is 3.06 bits per heavy atom. The summed E-state index contributed by atoms with van der Waals surface area (Å²) in [5, 5.41) is 13.5. The number of nitrogens with zero attached hydrogens (tertiary/aromatic N) is 4. The molecule has 0 bridgehead atoms. The van der Waals surface area contributed by atoms with Gasteiger partial charge in [0.25, 0.3) is 0 Å². The van der Waals surface area contributed by atoms with Gasteiger partial charge >= 0.3 is 0 Å². The minimum atomic E-state index is 0.0872. The van der Waals surface area contributed by atoms with Crippen molar-refractivity contribution in [2.75, 3.05) is 6.54 Å². The molecule has 0 spiro atoms. The molecule has 1 aliphatic heterocycles. The summed E-state index contributed by atoms with van der Waals surface area (Å²) >= 11 is 0. The third-order valence-corrected chi connectivity index (χ3v) is 3.07. The maximum Gasteiger partial charge on any atom is 0.0981 e. The lowest BCUT2D eigenvalue weighted by molar-refractivity contribution is 0.281. The molecule has 0 saturated carbocycles. The number of hydrogen-bond acceptors (Lipinski definition) is 3. The Kier molecular flexibility index (Phi) is 3.25. The molecule has 16 heavy (non-hydrogen) atoms. The van der Waals surface area contributed by atoms with Crippen LogP contribution in [0.3, 0.4) is 0 Å². The molecule has 4 heteroatoms. The van der Waals surface area contributed by atoms with E-state index in [1.807, 2.05) is 16.9 Å². The number of likely N-dealkylation sites (tertiary alicyclic amines) is 1. The minimum absolute atomic E-state index is 0.0872. The second-order valence-corrected chi connectivity index (χ2v) is 4.64. The molecular formula is C12H18N4. The Morgan fingerprint density at radius 2 is 2.44 bits per heavy atom. The highest BCUT2D eigenvalue weighted by molar-refractivity contribution is 5.03. The summed E-state index contributed by atoms with van der Waals surface area (Å²) in [4.78, 5) is 2.22. The number of nitriles is 1. The van der Waals surface area contributed by atoms with Crippen LogP contribution in [-0.4, -0.2) is 27.3 Å². The van der Waals surface area contributed by atoms with Gasteiger partial charge in [-0.25, -0.2) is 0 Å². The van der Waals surface area contributed by atoms with Gasteiger partial charge in [-0.2, -0.15) is 10.4 Å². The Balaban J connectivity index is 2.01. The van der Waals surface area contributed by atoms with Crippen molar-refractivity contribution >= 4 is 0 Å². The summed E-state index contributed by atoms with van der Waals surface area (Å²) in [6.07, 6.45) is 4.14. The Bertz CT molecular complexity index is 388. The van der Waals surface area contributed by atoms with E-state index in [0.29, 0.717) is 6.04 Å². The molecule has 1 aromatic rings. The quantitative estimate of drug-likeness (QED) is 0.779. The lowest BCUT2D eigenvalue weighted by atomic mass is 10.2. The predicted molar refractivity (Wildman–Crippen MR) is 61.7 cm³/mol. The molecule has 1 fully saturated rings. The van der Waals surface area contributed by atoms with Crippen LogP contribution in [0.15, 0.2) is 12.3 Å². The highest BCUT2D eigenvalue weighted by Crippen LogP contribution is 2.18. The van der Waals surface area contributed by atoms with Gasteiger partial charge in [0, 0.05) is 18.8 Å². The lowest BCUT2D eigenvalue weighted by Crippen LogP contribution is -2.27. The highest BCUT2D eigenvalue weighted by atomic mass is 15.3. The first-order valence-corrected chi connectivity index (χ1v) is 5.88. The zero-order valence-corrected chi connectivity index (χ0v) is 9.93. The molecule has 0 radical (unpaired) electrons. The second kappa shape index (κ2) is 4.67. The molecule has 0 aliphatic carbocycles. The van der Waals surface area contributed by atoms with E-state index >= 15 is 0 Å². The molecule has 0 N–H and O–H groups in total. The standard InChI is InChI=1S/C12H18N4/c1-10(2)16-7-5-11(14-16)9-15-6-3-4-12(15)8-13/h5,7,10,12H,3-4,6,9H2,1-2H3. The summed E-state index contributed by atoms with van der Waals surface area (Å²) < 4.78 is 1.97. The fourth-order valence-electron chi connectivity index (χ4n) is 2.12. The van der Waals surface area contributed by atoms with Crippen molar-refractivity contribution < 1.29 is 0 Å². The van der Waals surface area contributed by atoms with E-state index in [1.165, 1.54) is 0 Å². The molecule has 1 atom stereocenters. The van der Waals surface area contributed by atoms with Crippen molar-refractivity contribution in [3.05, 3.63) is 18.0 Å². The zero-order chi connectivity index (χ0) is 11.5. The third kappa shape index (κ3) is 2.25. The normalized spacial score (nSPS) is 21.5. The van der Waals surface area contributed by atoms with Crippen LogP contribution in [-0.2, 0) is 6.54 Å². The van der Waals surface area contributed by atoms with Gasteiger partial charge in [0.15, 0.2) is 0 Å². The fourth-order valence-corrected chi connectivity index (χ4v) is 2.12. The summed E-state index contributed by atoms with van der Waals surface area (Å²) in [5.41, 5.74) is 1.07. The van der Waals surface area contributed by atoms with Gasteiger partial charge in [0.1, 0.15) is 0 Å². The molecule has 86 valence electrons. The van der Waals surface area contributed by atoms with Gasteiger partial charge in [-0.15, -0.1) is 0 Å². The molecule has 4 nitrogen and oxygen atoms in total. The smallest absolute Gasteiger partial charge is 0.0981 e. The number of aromatic nitrogens is 2. The van der Waals surface area contributed by atoms with Crippen LogP contribution < -0.4 is 0 Å². The van der Waals surface area contributed by atoms with E-state index in [2.05, 4.69) is 29.9 Å². The van der Waals surface area contributed by atoms with Crippen LogP contribution in [0.2, 0.25) is 0 Å². The van der Waals surface area contributed by atoms with E-state index in [-0.39, 0.29) is 6.04 Å². The van der Waals surface area contributed by atoms with Gasteiger partial charge in [0.2, 0.25) is 0 Å². The van der Waals surface area contributed by atoms with Gasteiger partial charge in [0.05, 0.1) is 17.8 Å². The van der Waals surface area contributed by atoms with Crippen molar-refractivity contribution in [1.29, 1.82) is 5.26 Å². The first kappa shape index (κ1) is 11.2. The van der Waals surface area contributed by atoms with Gasteiger partial charge in [-0.1, -0.05) is 0 Å². The molecule has 2 heterocycles. The molecule has 0 amide bonds. The van der Waals surface area contributed by atoms with Crippen LogP contribution in [0.4, 0.5) is 0 Å². The largest absolute Gasteiger partial charge is 0.282 e. The second-order valence-electron chi connectivity index (χ2n) is 4.64.